The van der Waals surface area contributed by atoms with E-state index < -0.39 is 0 Å². The molecule has 8 nitrogen and oxygen atoms in total. The van der Waals surface area contributed by atoms with Crippen molar-refractivity contribution >= 4 is 27.8 Å². The largest absolute Gasteiger partial charge is 0.331 e. The van der Waals surface area contributed by atoms with E-state index in [1.807, 2.05) is 44.2 Å². The Morgan fingerprint density at radius 3 is 2.47 bits per heavy atom. The van der Waals surface area contributed by atoms with Gasteiger partial charge in [-0.2, -0.15) is 0 Å². The molecule has 4 rings (SSSR count). The van der Waals surface area contributed by atoms with Crippen LogP contribution in [0.25, 0.3) is 21.9 Å². The number of nitrogens with one attached hydrogen (secondary N) is 1. The zero-order valence-corrected chi connectivity index (χ0v) is 17.1. The van der Waals surface area contributed by atoms with Gasteiger partial charge in [0.1, 0.15) is 12.4 Å². The minimum atomic E-state index is -0.245. The van der Waals surface area contributed by atoms with Crippen molar-refractivity contribution in [1.82, 2.24) is 24.0 Å². The number of aryl methyl sites for hydroxylation is 1. The summed E-state index contributed by atoms with van der Waals surface area (Å²) in [6.07, 6.45) is 0. The predicted octanol–water partition coefficient (Wildman–Crippen LogP) is 2.01. The second-order valence-electron chi connectivity index (χ2n) is 7.56. The van der Waals surface area contributed by atoms with Crippen LogP contribution in [0.3, 0.4) is 0 Å². The number of aromatic amines is 1. The molecule has 8 heteroatoms. The van der Waals surface area contributed by atoms with Gasteiger partial charge in [0.15, 0.2) is 0 Å². The van der Waals surface area contributed by atoms with Crippen LogP contribution in [0.4, 0.5) is 0 Å². The molecule has 4 aromatic rings. The van der Waals surface area contributed by atoms with Crippen molar-refractivity contribution in [3.05, 3.63) is 75.2 Å². The van der Waals surface area contributed by atoms with Gasteiger partial charge in [0, 0.05) is 13.1 Å². The third-order valence-corrected chi connectivity index (χ3v) is 5.27. The maximum atomic E-state index is 13.1. The molecule has 0 saturated heterocycles. The van der Waals surface area contributed by atoms with Crippen molar-refractivity contribution in [2.24, 2.45) is 7.05 Å². The van der Waals surface area contributed by atoms with E-state index in [-0.39, 0.29) is 36.3 Å². The molecule has 1 amide bonds. The lowest BCUT2D eigenvalue weighted by Gasteiger charge is -2.26. The van der Waals surface area contributed by atoms with Gasteiger partial charge in [-0.1, -0.05) is 24.3 Å². The van der Waals surface area contributed by atoms with Crippen molar-refractivity contribution in [2.45, 2.75) is 33.0 Å². The van der Waals surface area contributed by atoms with Crippen LogP contribution in [0.2, 0.25) is 0 Å². The van der Waals surface area contributed by atoms with E-state index in [1.54, 1.807) is 30.1 Å². The van der Waals surface area contributed by atoms with Crippen LogP contribution in [0.5, 0.6) is 0 Å². The Labute approximate surface area is 172 Å². The topological polar surface area (TPSA) is 93.0 Å². The summed E-state index contributed by atoms with van der Waals surface area (Å²) in [6.45, 7) is 3.85. The third kappa shape index (κ3) is 3.41. The Kier molecular flexibility index (Phi) is 4.99. The fraction of sp³-hybridized carbons (Fsp3) is 0.273. The second kappa shape index (κ2) is 7.62. The maximum Gasteiger partial charge on any atom is 0.329 e. The van der Waals surface area contributed by atoms with Crippen molar-refractivity contribution in [3.8, 4) is 0 Å². The first-order valence-electron chi connectivity index (χ1n) is 9.78. The summed E-state index contributed by atoms with van der Waals surface area (Å²) in [5.74, 6) is 0.185. The number of nitrogens with zero attached hydrogens (tertiary/aromatic N) is 4. The average molecular weight is 405 g/mol. The van der Waals surface area contributed by atoms with Crippen LogP contribution in [-0.2, 0) is 24.9 Å². The van der Waals surface area contributed by atoms with E-state index >= 15 is 0 Å². The van der Waals surface area contributed by atoms with E-state index in [4.69, 9.17) is 0 Å². The normalized spacial score (nSPS) is 11.5. The molecule has 0 fully saturated rings. The van der Waals surface area contributed by atoms with E-state index in [0.717, 1.165) is 5.52 Å². The summed E-state index contributed by atoms with van der Waals surface area (Å²) >= 11 is 0. The molecular weight excluding hydrogens is 382 g/mol. The van der Waals surface area contributed by atoms with Gasteiger partial charge >= 0.3 is 5.69 Å². The smallest absolute Gasteiger partial charge is 0.329 e. The lowest BCUT2D eigenvalue weighted by molar-refractivity contribution is -0.134. The number of imidazole rings is 1. The molecule has 0 aliphatic heterocycles. The Balaban J connectivity index is 1.66. The van der Waals surface area contributed by atoms with Gasteiger partial charge < -0.3 is 9.88 Å². The highest BCUT2D eigenvalue weighted by molar-refractivity contribution is 5.81. The first-order valence-corrected chi connectivity index (χ1v) is 9.78. The highest BCUT2D eigenvalue weighted by Crippen LogP contribution is 2.14. The number of hydrogen-bond acceptors (Lipinski definition) is 4. The van der Waals surface area contributed by atoms with E-state index in [1.165, 1.54) is 9.13 Å². The SMILES string of the molecule is CC(C)N(Cc1nc2ccccc2c(=O)[nH]1)C(=O)Cn1c(=O)n(C)c2ccccc21. The highest BCUT2D eigenvalue weighted by atomic mass is 16.2. The van der Waals surface area contributed by atoms with Gasteiger partial charge in [-0.15, -0.1) is 0 Å². The second-order valence-corrected chi connectivity index (χ2v) is 7.56. The summed E-state index contributed by atoms with van der Waals surface area (Å²) in [5.41, 5.74) is 1.58. The van der Waals surface area contributed by atoms with E-state index in [2.05, 4.69) is 9.97 Å². The molecule has 30 heavy (non-hydrogen) atoms. The lowest BCUT2D eigenvalue weighted by atomic mass is 10.2. The number of H-pyrrole nitrogens is 1. The monoisotopic (exact) mass is 405 g/mol. The number of carbonyl (C=O) groups is 1. The summed E-state index contributed by atoms with van der Waals surface area (Å²) in [4.78, 5) is 47.0. The van der Waals surface area contributed by atoms with Crippen LogP contribution >= 0.6 is 0 Å². The van der Waals surface area contributed by atoms with Gasteiger partial charge in [-0.25, -0.2) is 9.78 Å². The molecule has 0 radical (unpaired) electrons. The first-order chi connectivity index (χ1) is 14.4. The third-order valence-electron chi connectivity index (χ3n) is 5.27. The van der Waals surface area contributed by atoms with Crippen LogP contribution in [0, 0.1) is 0 Å². The van der Waals surface area contributed by atoms with Crippen LogP contribution in [0.15, 0.2) is 58.1 Å². The quantitative estimate of drug-likeness (QED) is 0.550. The number of fused-ring (bicyclic) bond motifs is 2. The number of rotatable bonds is 5. The molecule has 154 valence electrons. The highest BCUT2D eigenvalue weighted by Gasteiger charge is 2.21. The summed E-state index contributed by atoms with van der Waals surface area (Å²) in [6, 6.07) is 14.3. The van der Waals surface area contributed by atoms with Crippen LogP contribution < -0.4 is 11.2 Å². The summed E-state index contributed by atoms with van der Waals surface area (Å²) in [5, 5.41) is 0.506. The number of carbonyl (C=O) groups excluding carboxylic acids is 1. The Bertz CT molecular complexity index is 1360. The molecule has 0 unspecified atom stereocenters. The molecule has 2 aromatic heterocycles. The fourth-order valence-electron chi connectivity index (χ4n) is 3.67. The predicted molar refractivity (Wildman–Crippen MR) is 115 cm³/mol. The summed E-state index contributed by atoms with van der Waals surface area (Å²) < 4.78 is 3.01. The zero-order chi connectivity index (χ0) is 21.4. The first kappa shape index (κ1) is 19.6. The Hall–Kier alpha value is -3.68. The van der Waals surface area contributed by atoms with E-state index in [9.17, 15) is 14.4 Å². The number of amides is 1. The number of aromatic nitrogens is 4. The molecule has 0 aliphatic rings. The number of hydrogen-bond donors (Lipinski definition) is 1. The van der Waals surface area contributed by atoms with Crippen molar-refractivity contribution in [1.29, 1.82) is 0 Å². The number of para-hydroxylation sites is 3. The molecule has 0 bridgehead atoms. The molecule has 0 aliphatic carbocycles. The maximum absolute atomic E-state index is 13.1. The number of benzene rings is 2. The molecule has 2 aromatic carbocycles. The van der Waals surface area contributed by atoms with Gasteiger partial charge in [-0.3, -0.25) is 18.7 Å². The van der Waals surface area contributed by atoms with Gasteiger partial charge in [-0.05, 0) is 38.1 Å². The van der Waals surface area contributed by atoms with Crippen molar-refractivity contribution in [3.63, 3.8) is 0 Å². The molecular formula is C22H23N5O3. The Morgan fingerprint density at radius 2 is 1.73 bits per heavy atom. The molecule has 1 N–H and O–H groups in total. The standard InChI is InChI=1S/C22H23N5O3/c1-14(2)26(12-19-23-16-9-5-4-8-15(16)21(29)24-19)20(28)13-27-18-11-7-6-10-17(18)25(3)22(27)30/h4-11,14H,12-13H2,1-3H3,(H,23,24,29). The minimum absolute atomic E-state index is 0.0871. The molecule has 0 atom stereocenters. The molecule has 0 spiro atoms. The van der Waals surface area contributed by atoms with Crippen LogP contribution in [0.1, 0.15) is 19.7 Å². The van der Waals surface area contributed by atoms with Crippen molar-refractivity contribution in [2.75, 3.05) is 0 Å². The van der Waals surface area contributed by atoms with Gasteiger partial charge in [0.05, 0.1) is 28.5 Å². The minimum Gasteiger partial charge on any atom is -0.331 e. The average Bonchev–Trinajstić information content (AvgIpc) is 2.97. The van der Waals surface area contributed by atoms with Gasteiger partial charge in [0.25, 0.3) is 5.56 Å². The summed E-state index contributed by atoms with van der Waals surface area (Å²) in [7, 11) is 1.69. The van der Waals surface area contributed by atoms with Crippen molar-refractivity contribution < 1.29 is 4.79 Å². The molecule has 0 saturated carbocycles. The molecule has 2 heterocycles. The fourth-order valence-corrected chi connectivity index (χ4v) is 3.67. The zero-order valence-electron chi connectivity index (χ0n) is 17.1. The van der Waals surface area contributed by atoms with E-state index in [0.29, 0.717) is 22.2 Å². The lowest BCUT2D eigenvalue weighted by Crippen LogP contribution is -2.41. The Morgan fingerprint density at radius 1 is 1.07 bits per heavy atom. The van der Waals surface area contributed by atoms with Gasteiger partial charge in [0.2, 0.25) is 5.91 Å². The van der Waals surface area contributed by atoms with Crippen LogP contribution in [-0.4, -0.2) is 36.0 Å².